The summed E-state index contributed by atoms with van der Waals surface area (Å²) in [5.41, 5.74) is 2.05. The minimum atomic E-state index is -5.08. The molecule has 26 heavy (non-hydrogen) atoms. The largest absolute Gasteiger partial charge is 0.490 e. The van der Waals surface area contributed by atoms with E-state index in [4.69, 9.17) is 33.1 Å². The topological polar surface area (TPSA) is 67.2 Å². The Hall–Kier alpha value is -1.77. The molecular weight excluding hydrogens is 394 g/mol. The van der Waals surface area contributed by atoms with E-state index in [0.717, 1.165) is 30.8 Å². The van der Waals surface area contributed by atoms with E-state index < -0.39 is 12.1 Å². The van der Waals surface area contributed by atoms with Gasteiger partial charge < -0.3 is 10.4 Å². The lowest BCUT2D eigenvalue weighted by atomic mass is 10.2. The van der Waals surface area contributed by atoms with E-state index in [0.29, 0.717) is 16.6 Å². The number of carboxylic acids is 1. The van der Waals surface area contributed by atoms with E-state index in [9.17, 15) is 13.2 Å². The van der Waals surface area contributed by atoms with Crippen molar-refractivity contribution in [1.29, 1.82) is 0 Å². The number of nitrogens with zero attached hydrogens (tertiary/aromatic N) is 2. The SMILES string of the molecule is CCn1ccc(CCNCc2c(Cl)cccc2Cl)n1.O=C(O)C(F)(F)F. The number of aliphatic carboxylic acids is 1. The third kappa shape index (κ3) is 7.63. The number of nitrogens with one attached hydrogen (secondary N) is 1. The van der Waals surface area contributed by atoms with Crippen molar-refractivity contribution in [2.75, 3.05) is 6.54 Å². The first-order valence-corrected chi connectivity index (χ1v) is 8.36. The molecule has 1 aromatic carbocycles. The van der Waals surface area contributed by atoms with Gasteiger partial charge in [-0.3, -0.25) is 4.68 Å². The first kappa shape index (κ1) is 22.3. The lowest BCUT2D eigenvalue weighted by Crippen LogP contribution is -2.21. The van der Waals surface area contributed by atoms with Crippen molar-refractivity contribution in [3.63, 3.8) is 0 Å². The molecule has 0 aliphatic carbocycles. The molecule has 2 N–H and O–H groups in total. The van der Waals surface area contributed by atoms with Crippen LogP contribution in [-0.2, 0) is 24.3 Å². The Morgan fingerprint density at radius 2 is 1.85 bits per heavy atom. The Bertz CT molecular complexity index is 701. The van der Waals surface area contributed by atoms with Crippen molar-refractivity contribution in [3.05, 3.63) is 51.8 Å². The fraction of sp³-hybridized carbons (Fsp3) is 0.375. The number of rotatable bonds is 6. The number of carboxylic acid groups (broad SMARTS) is 1. The summed E-state index contributed by atoms with van der Waals surface area (Å²) in [5, 5.41) is 16.3. The summed E-state index contributed by atoms with van der Waals surface area (Å²) in [5.74, 6) is -2.76. The molecule has 0 atom stereocenters. The first-order valence-electron chi connectivity index (χ1n) is 7.61. The van der Waals surface area contributed by atoms with Crippen LogP contribution in [-0.4, -0.2) is 33.6 Å². The number of halogens is 5. The Labute approximate surface area is 158 Å². The molecule has 0 aliphatic rings. The maximum Gasteiger partial charge on any atom is 0.490 e. The summed E-state index contributed by atoms with van der Waals surface area (Å²) >= 11 is 12.2. The molecule has 0 radical (unpaired) electrons. The van der Waals surface area contributed by atoms with Crippen molar-refractivity contribution in [2.24, 2.45) is 0 Å². The lowest BCUT2D eigenvalue weighted by molar-refractivity contribution is -0.192. The Balaban J connectivity index is 0.000000412. The summed E-state index contributed by atoms with van der Waals surface area (Å²) in [4.78, 5) is 8.90. The van der Waals surface area contributed by atoms with E-state index in [1.54, 1.807) is 0 Å². The van der Waals surface area contributed by atoms with Crippen LogP contribution in [0.3, 0.4) is 0 Å². The van der Waals surface area contributed by atoms with Gasteiger partial charge in [0.15, 0.2) is 0 Å². The summed E-state index contributed by atoms with van der Waals surface area (Å²) < 4.78 is 33.7. The molecule has 2 aromatic rings. The molecule has 0 spiro atoms. The lowest BCUT2D eigenvalue weighted by Gasteiger charge is -2.07. The Morgan fingerprint density at radius 3 is 2.31 bits per heavy atom. The van der Waals surface area contributed by atoms with Gasteiger partial charge in [-0.1, -0.05) is 29.3 Å². The fourth-order valence-corrected chi connectivity index (χ4v) is 2.38. The second-order valence-electron chi connectivity index (χ2n) is 5.09. The maximum atomic E-state index is 10.6. The molecule has 0 amide bonds. The van der Waals surface area contributed by atoms with Crippen LogP contribution in [0.2, 0.25) is 10.0 Å². The molecule has 0 saturated heterocycles. The van der Waals surface area contributed by atoms with Crippen LogP contribution in [0.1, 0.15) is 18.2 Å². The molecule has 0 unspecified atom stereocenters. The molecule has 0 bridgehead atoms. The van der Waals surface area contributed by atoms with Crippen molar-refractivity contribution >= 4 is 29.2 Å². The van der Waals surface area contributed by atoms with Gasteiger partial charge in [-0.2, -0.15) is 18.3 Å². The molecule has 5 nitrogen and oxygen atoms in total. The zero-order chi connectivity index (χ0) is 19.7. The number of aryl methyl sites for hydroxylation is 1. The van der Waals surface area contributed by atoms with Crippen LogP contribution in [0.4, 0.5) is 13.2 Å². The van der Waals surface area contributed by atoms with Crippen LogP contribution >= 0.6 is 23.2 Å². The summed E-state index contributed by atoms with van der Waals surface area (Å²) in [6.07, 6.45) is -2.19. The highest BCUT2D eigenvalue weighted by atomic mass is 35.5. The number of hydrogen-bond donors (Lipinski definition) is 2. The Kier molecular flexibility index (Phi) is 8.91. The third-order valence-corrected chi connectivity index (χ3v) is 3.89. The zero-order valence-corrected chi connectivity index (χ0v) is 15.4. The van der Waals surface area contributed by atoms with E-state index in [-0.39, 0.29) is 0 Å². The van der Waals surface area contributed by atoms with Gasteiger partial charge in [-0.05, 0) is 25.1 Å². The van der Waals surface area contributed by atoms with E-state index >= 15 is 0 Å². The maximum absolute atomic E-state index is 10.6. The molecule has 10 heteroatoms. The fourth-order valence-electron chi connectivity index (χ4n) is 1.84. The van der Waals surface area contributed by atoms with Crippen LogP contribution in [0.15, 0.2) is 30.5 Å². The standard InChI is InChI=1S/C14H17Cl2N3.C2HF3O2/c1-2-19-9-7-11(18-19)6-8-17-10-12-13(15)4-3-5-14(12)16;3-2(4,5)1(6)7/h3-5,7,9,17H,2,6,8,10H2,1H3;(H,6,7). The van der Waals surface area contributed by atoms with E-state index in [1.807, 2.05) is 35.1 Å². The van der Waals surface area contributed by atoms with Gasteiger partial charge >= 0.3 is 12.1 Å². The zero-order valence-electron chi connectivity index (χ0n) is 13.9. The van der Waals surface area contributed by atoms with Crippen molar-refractivity contribution in [1.82, 2.24) is 15.1 Å². The van der Waals surface area contributed by atoms with Gasteiger partial charge in [0, 0.05) is 47.9 Å². The summed E-state index contributed by atoms with van der Waals surface area (Å²) in [6.45, 7) is 4.51. The highest BCUT2D eigenvalue weighted by molar-refractivity contribution is 6.35. The predicted molar refractivity (Wildman–Crippen MR) is 93.5 cm³/mol. The predicted octanol–water partition coefficient (Wildman–Crippen LogP) is 4.18. The molecule has 2 rings (SSSR count). The van der Waals surface area contributed by atoms with Gasteiger partial charge in [0.2, 0.25) is 0 Å². The summed E-state index contributed by atoms with van der Waals surface area (Å²) in [7, 11) is 0. The highest BCUT2D eigenvalue weighted by Gasteiger charge is 2.38. The smallest absolute Gasteiger partial charge is 0.475 e. The quantitative estimate of drug-likeness (QED) is 0.699. The van der Waals surface area contributed by atoms with Crippen LogP contribution in [0.5, 0.6) is 0 Å². The van der Waals surface area contributed by atoms with Crippen LogP contribution in [0.25, 0.3) is 0 Å². The van der Waals surface area contributed by atoms with Crippen molar-refractivity contribution in [2.45, 2.75) is 32.6 Å². The third-order valence-electron chi connectivity index (χ3n) is 3.18. The van der Waals surface area contributed by atoms with E-state index in [1.165, 1.54) is 0 Å². The molecule has 0 fully saturated rings. The minimum Gasteiger partial charge on any atom is -0.475 e. The van der Waals surface area contributed by atoms with Gasteiger partial charge in [0.05, 0.1) is 5.69 Å². The molecule has 144 valence electrons. The van der Waals surface area contributed by atoms with Crippen molar-refractivity contribution in [3.8, 4) is 0 Å². The second kappa shape index (κ2) is 10.4. The van der Waals surface area contributed by atoms with E-state index in [2.05, 4.69) is 17.3 Å². The molecular formula is C16H18Cl2F3N3O2. The average Bonchev–Trinajstić information content (AvgIpc) is 3.01. The molecule has 1 aromatic heterocycles. The molecule has 1 heterocycles. The Morgan fingerprint density at radius 1 is 1.27 bits per heavy atom. The minimum absolute atomic E-state index is 0.674. The number of hydrogen-bond acceptors (Lipinski definition) is 3. The van der Waals surface area contributed by atoms with Gasteiger partial charge in [0.25, 0.3) is 0 Å². The monoisotopic (exact) mass is 411 g/mol. The number of aromatic nitrogens is 2. The number of alkyl halides is 3. The summed E-state index contributed by atoms with van der Waals surface area (Å²) in [6, 6.07) is 7.61. The van der Waals surface area contributed by atoms with Crippen molar-refractivity contribution < 1.29 is 23.1 Å². The van der Waals surface area contributed by atoms with Crippen LogP contribution in [0, 0.1) is 0 Å². The van der Waals surface area contributed by atoms with Crippen LogP contribution < -0.4 is 5.32 Å². The first-order chi connectivity index (χ1) is 12.1. The van der Waals surface area contributed by atoms with Gasteiger partial charge in [-0.25, -0.2) is 4.79 Å². The second-order valence-corrected chi connectivity index (χ2v) is 5.91. The highest BCUT2D eigenvalue weighted by Crippen LogP contribution is 2.23. The van der Waals surface area contributed by atoms with Gasteiger partial charge in [0.1, 0.15) is 0 Å². The average molecular weight is 412 g/mol. The normalized spacial score (nSPS) is 11.0. The molecule has 0 aliphatic heterocycles. The number of benzene rings is 1. The van der Waals surface area contributed by atoms with Gasteiger partial charge in [-0.15, -0.1) is 0 Å². The number of carbonyl (C=O) groups is 1. The molecule has 0 saturated carbocycles.